The fraction of sp³-hybridized carbons (Fsp3) is 0.487. The largest absolute Gasteiger partial charge is 0.449 e. The summed E-state index contributed by atoms with van der Waals surface area (Å²) in [6.07, 6.45) is 4.44. The lowest BCUT2D eigenvalue weighted by Gasteiger charge is -2.21. The fourth-order valence-corrected chi connectivity index (χ4v) is 7.52. The maximum Gasteiger partial charge on any atom is 0.425 e. The number of hydrogen-bond donors (Lipinski definition) is 0. The zero-order valence-electron chi connectivity index (χ0n) is 28.8. The number of carbonyl (C=O) groups excluding carboxylic acids is 2. The number of rotatable bonds is 23. The van der Waals surface area contributed by atoms with Crippen LogP contribution in [0.1, 0.15) is 111 Å². The van der Waals surface area contributed by atoms with Crippen molar-refractivity contribution in [1.29, 1.82) is 0 Å². The van der Waals surface area contributed by atoms with E-state index in [1.54, 1.807) is 24.3 Å². The Morgan fingerprint density at radius 2 is 1.18 bits per heavy atom. The van der Waals surface area contributed by atoms with Gasteiger partial charge in [0.15, 0.2) is 6.10 Å². The number of carbonyl (C=O) groups is 2. The van der Waals surface area contributed by atoms with E-state index in [-0.39, 0.29) is 26.0 Å². The quantitative estimate of drug-likeness (QED) is 0.0241. The molecule has 11 heteroatoms. The van der Waals surface area contributed by atoms with E-state index in [1.165, 1.54) is 31.0 Å². The van der Waals surface area contributed by atoms with Crippen molar-refractivity contribution >= 4 is 44.7 Å². The molecule has 0 saturated carbocycles. The molecule has 50 heavy (non-hydrogen) atoms. The summed E-state index contributed by atoms with van der Waals surface area (Å²) < 4.78 is 45.7. The molecular formula is C39H49Cl2F3O5Si. The first-order valence-electron chi connectivity index (χ1n) is 17.8. The summed E-state index contributed by atoms with van der Waals surface area (Å²) >= 11 is 11.6. The molecule has 0 amide bonds. The van der Waals surface area contributed by atoms with E-state index < -0.39 is 24.2 Å². The van der Waals surface area contributed by atoms with Gasteiger partial charge in [0.25, 0.3) is 0 Å². The first-order valence-corrected chi connectivity index (χ1v) is 20.5. The number of hydrogen-bond acceptors (Lipinski definition) is 5. The van der Waals surface area contributed by atoms with Gasteiger partial charge in [-0.05, 0) is 65.8 Å². The Kier molecular flexibility index (Phi) is 19.0. The highest BCUT2D eigenvalue weighted by Crippen LogP contribution is 2.33. The molecule has 0 heterocycles. The van der Waals surface area contributed by atoms with Crippen molar-refractivity contribution in [1.82, 2.24) is 0 Å². The Hall–Kier alpha value is -2.85. The summed E-state index contributed by atoms with van der Waals surface area (Å²) in [7, 11) is -0.353. The van der Waals surface area contributed by atoms with Crippen LogP contribution in [0.3, 0.4) is 0 Å². The molecule has 0 aromatic heterocycles. The SMILES string of the molecule is CCCCCCCCC(OC(=O)c1ccc(-c2ccccc2-c2ccc(C(=O)OOCCCCCCCC[SiH2]C(Cl)Cl)cc2)cc1)C(F)(F)F. The molecular weight excluding hydrogens is 704 g/mol. The normalized spacial score (nSPS) is 12.5. The maximum absolute atomic E-state index is 13.6. The second-order valence-electron chi connectivity index (χ2n) is 12.5. The lowest BCUT2D eigenvalue weighted by Crippen LogP contribution is -2.33. The molecule has 0 spiro atoms. The first kappa shape index (κ1) is 41.6. The minimum absolute atomic E-state index is 0.0503. The molecule has 1 atom stereocenters. The predicted octanol–water partition coefficient (Wildman–Crippen LogP) is 11.6. The number of benzene rings is 3. The van der Waals surface area contributed by atoms with Crippen LogP contribution in [0, 0.1) is 0 Å². The molecule has 0 fully saturated rings. The van der Waals surface area contributed by atoms with Gasteiger partial charge in [-0.15, -0.1) is 23.2 Å². The highest BCUT2D eigenvalue weighted by atomic mass is 35.5. The van der Waals surface area contributed by atoms with Gasteiger partial charge in [0, 0.05) is 0 Å². The Labute approximate surface area is 306 Å². The van der Waals surface area contributed by atoms with Crippen LogP contribution in [0.25, 0.3) is 22.3 Å². The van der Waals surface area contributed by atoms with Crippen molar-refractivity contribution in [2.75, 3.05) is 6.61 Å². The van der Waals surface area contributed by atoms with Crippen molar-refractivity contribution in [2.45, 2.75) is 113 Å². The van der Waals surface area contributed by atoms with Crippen LogP contribution in [-0.4, -0.2) is 44.8 Å². The monoisotopic (exact) mass is 752 g/mol. The van der Waals surface area contributed by atoms with Crippen LogP contribution in [0.4, 0.5) is 13.2 Å². The van der Waals surface area contributed by atoms with Gasteiger partial charge in [-0.3, -0.25) is 4.89 Å². The number of alkyl halides is 5. The van der Waals surface area contributed by atoms with E-state index in [0.717, 1.165) is 73.6 Å². The highest BCUT2D eigenvalue weighted by molar-refractivity contribution is 6.68. The Bertz CT molecular complexity index is 1420. The third-order valence-electron chi connectivity index (χ3n) is 8.51. The average Bonchev–Trinajstić information content (AvgIpc) is 3.11. The van der Waals surface area contributed by atoms with Gasteiger partial charge in [0.1, 0.15) is 0 Å². The topological polar surface area (TPSA) is 61.8 Å². The molecule has 0 aliphatic rings. The summed E-state index contributed by atoms with van der Waals surface area (Å²) in [4.78, 5) is 35.4. The summed E-state index contributed by atoms with van der Waals surface area (Å²) in [5.41, 5.74) is 3.74. The van der Waals surface area contributed by atoms with Gasteiger partial charge < -0.3 is 4.74 Å². The standard InChI is InChI=1S/C39H49Cl2F3O5Si/c1-2-3-4-5-8-11-18-35(39(42,43)44)48-36(45)31-23-19-29(20-24-31)33-16-12-13-17-34(33)30-21-25-32(26-22-30)37(46)49-47-27-14-9-6-7-10-15-28-50-38(40)41/h12-13,16-17,19-26,35,38H,2-11,14-15,18,27-28,50H2,1H3. The zero-order valence-corrected chi connectivity index (χ0v) is 31.8. The minimum Gasteiger partial charge on any atom is -0.449 e. The molecule has 0 saturated heterocycles. The van der Waals surface area contributed by atoms with Crippen LogP contribution in [0.15, 0.2) is 72.8 Å². The molecule has 1 unspecified atom stereocenters. The molecule has 3 aromatic carbocycles. The summed E-state index contributed by atoms with van der Waals surface area (Å²) in [6, 6.07) is 22.1. The van der Waals surface area contributed by atoms with E-state index in [9.17, 15) is 22.8 Å². The van der Waals surface area contributed by atoms with Crippen molar-refractivity contribution in [3.63, 3.8) is 0 Å². The van der Waals surface area contributed by atoms with Gasteiger partial charge in [0.05, 0.1) is 31.7 Å². The smallest absolute Gasteiger partial charge is 0.425 e. The molecule has 0 aliphatic heterocycles. The van der Waals surface area contributed by atoms with E-state index in [4.69, 9.17) is 37.7 Å². The van der Waals surface area contributed by atoms with Crippen molar-refractivity contribution in [3.8, 4) is 22.3 Å². The summed E-state index contributed by atoms with van der Waals surface area (Å²) in [5.74, 6) is -1.57. The van der Waals surface area contributed by atoms with Crippen LogP contribution in [0.5, 0.6) is 0 Å². The van der Waals surface area contributed by atoms with Crippen LogP contribution < -0.4 is 0 Å². The molecule has 0 aliphatic carbocycles. The third-order valence-corrected chi connectivity index (χ3v) is 11.2. The van der Waals surface area contributed by atoms with Gasteiger partial charge in [0.2, 0.25) is 0 Å². The van der Waals surface area contributed by atoms with E-state index in [0.29, 0.717) is 25.0 Å². The molecule has 3 aromatic rings. The second kappa shape index (κ2) is 22.9. The van der Waals surface area contributed by atoms with Gasteiger partial charge in [-0.25, -0.2) is 9.59 Å². The second-order valence-corrected chi connectivity index (χ2v) is 17.0. The number of halogens is 5. The van der Waals surface area contributed by atoms with Gasteiger partial charge in [-0.1, -0.05) is 126 Å². The molecule has 0 N–H and O–H groups in total. The van der Waals surface area contributed by atoms with E-state index in [1.807, 2.05) is 36.4 Å². The predicted molar refractivity (Wildman–Crippen MR) is 198 cm³/mol. The summed E-state index contributed by atoms with van der Waals surface area (Å²) in [5, 5.41) is 0. The molecule has 5 nitrogen and oxygen atoms in total. The molecule has 0 radical (unpaired) electrons. The first-order chi connectivity index (χ1) is 24.1. The van der Waals surface area contributed by atoms with Crippen LogP contribution >= 0.6 is 23.2 Å². The fourth-order valence-electron chi connectivity index (χ4n) is 5.64. The van der Waals surface area contributed by atoms with E-state index >= 15 is 0 Å². The van der Waals surface area contributed by atoms with Crippen molar-refractivity contribution < 1.29 is 37.3 Å². The molecule has 0 bridgehead atoms. The minimum atomic E-state index is -4.63. The van der Waals surface area contributed by atoms with Crippen LogP contribution in [0.2, 0.25) is 6.04 Å². The average molecular weight is 754 g/mol. The number of esters is 1. The molecule has 274 valence electrons. The van der Waals surface area contributed by atoms with Crippen molar-refractivity contribution in [2.24, 2.45) is 0 Å². The summed E-state index contributed by atoms with van der Waals surface area (Å²) in [6.45, 7) is 2.42. The Morgan fingerprint density at radius 3 is 1.72 bits per heavy atom. The van der Waals surface area contributed by atoms with Gasteiger partial charge >= 0.3 is 18.1 Å². The lowest BCUT2D eigenvalue weighted by atomic mass is 9.93. The molecule has 3 rings (SSSR count). The highest BCUT2D eigenvalue weighted by Gasteiger charge is 2.42. The van der Waals surface area contributed by atoms with Gasteiger partial charge in [-0.2, -0.15) is 18.1 Å². The Morgan fingerprint density at radius 1 is 0.680 bits per heavy atom. The lowest BCUT2D eigenvalue weighted by molar-refractivity contribution is -0.241. The number of ether oxygens (including phenoxy) is 1. The number of unbranched alkanes of at least 4 members (excludes halogenated alkanes) is 10. The zero-order chi connectivity index (χ0) is 36.2. The van der Waals surface area contributed by atoms with Crippen LogP contribution in [-0.2, 0) is 14.5 Å². The Balaban J connectivity index is 1.50. The third kappa shape index (κ3) is 15.2. The van der Waals surface area contributed by atoms with Crippen molar-refractivity contribution in [3.05, 3.63) is 83.9 Å². The van der Waals surface area contributed by atoms with E-state index in [2.05, 4.69) is 6.92 Å². The maximum atomic E-state index is 13.6.